The number of rotatable bonds is 3. The van der Waals surface area contributed by atoms with Crippen molar-refractivity contribution in [2.24, 2.45) is 0 Å². The van der Waals surface area contributed by atoms with Crippen LogP contribution >= 0.6 is 0 Å². The molecule has 0 fully saturated rings. The number of aromatic hydroxyl groups is 1. The van der Waals surface area contributed by atoms with Gasteiger partial charge < -0.3 is 20.1 Å². The Morgan fingerprint density at radius 1 is 1.18 bits per heavy atom. The number of nitrogens with zero attached hydrogens (tertiary/aromatic N) is 2. The van der Waals surface area contributed by atoms with E-state index < -0.39 is 0 Å². The average Bonchev–Trinajstić information content (AvgIpc) is 2.97. The van der Waals surface area contributed by atoms with Crippen molar-refractivity contribution < 1.29 is 14.6 Å². The topological polar surface area (TPSA) is 74.7 Å². The molecule has 0 saturated carbocycles. The van der Waals surface area contributed by atoms with Gasteiger partial charge in [-0.2, -0.15) is 0 Å². The van der Waals surface area contributed by atoms with Crippen LogP contribution in [0.15, 0.2) is 60.9 Å². The Labute approximate surface area is 163 Å². The van der Waals surface area contributed by atoms with Gasteiger partial charge in [-0.05, 0) is 48.0 Å². The minimum Gasteiger partial charge on any atom is -0.504 e. The number of fused-ring (bicyclic) bond motifs is 1. The number of pyridine rings is 1. The molecule has 1 aromatic heterocycles. The Kier molecular flexibility index (Phi) is 4.85. The average molecular weight is 375 g/mol. The van der Waals surface area contributed by atoms with E-state index in [0.29, 0.717) is 31.0 Å². The molecule has 0 saturated heterocycles. The van der Waals surface area contributed by atoms with Crippen LogP contribution in [0.2, 0.25) is 0 Å². The molecule has 3 aromatic rings. The van der Waals surface area contributed by atoms with Gasteiger partial charge in [-0.15, -0.1) is 0 Å². The summed E-state index contributed by atoms with van der Waals surface area (Å²) >= 11 is 0. The van der Waals surface area contributed by atoms with Crippen LogP contribution in [0.3, 0.4) is 0 Å². The molecule has 0 unspecified atom stereocenters. The Balaban J connectivity index is 1.65. The van der Waals surface area contributed by atoms with Crippen LogP contribution in [0.4, 0.5) is 5.69 Å². The number of phenols is 1. The zero-order chi connectivity index (χ0) is 19.5. The highest BCUT2D eigenvalue weighted by Gasteiger charge is 2.23. The summed E-state index contributed by atoms with van der Waals surface area (Å²) in [6.45, 7) is 1.14. The monoisotopic (exact) mass is 375 g/mol. The van der Waals surface area contributed by atoms with E-state index in [1.165, 1.54) is 0 Å². The number of carbonyl (C=O) groups excluding carboxylic acids is 1. The first kappa shape index (κ1) is 17.9. The molecule has 0 atom stereocenters. The van der Waals surface area contributed by atoms with Gasteiger partial charge in [-0.3, -0.25) is 9.78 Å². The maximum Gasteiger partial charge on any atom is 0.254 e. The van der Waals surface area contributed by atoms with E-state index >= 15 is 0 Å². The second-order valence-corrected chi connectivity index (χ2v) is 6.63. The molecule has 0 spiro atoms. The standard InChI is InChI=1S/C22H21N3O3/c1-23-19-6-4-15(5-7-19)22(27)25-9-10-28-21-18(14-25)11-17(12-20(21)26)16-3-2-8-24-13-16/h2-8,11-13,23,26H,9-10,14H2,1H3. The number of ether oxygens (including phenoxy) is 1. The van der Waals surface area contributed by atoms with Gasteiger partial charge in [0.15, 0.2) is 11.5 Å². The number of aromatic nitrogens is 1. The minimum absolute atomic E-state index is 0.0645. The van der Waals surface area contributed by atoms with Gasteiger partial charge in [0.2, 0.25) is 0 Å². The molecule has 0 aliphatic carbocycles. The summed E-state index contributed by atoms with van der Waals surface area (Å²) in [5.74, 6) is 0.447. The fraction of sp³-hybridized carbons (Fsp3) is 0.182. The van der Waals surface area contributed by atoms with Crippen LogP contribution in [0.5, 0.6) is 11.5 Å². The predicted octanol–water partition coefficient (Wildman–Crippen LogP) is 3.53. The second kappa shape index (κ2) is 7.60. The molecule has 6 nitrogen and oxygen atoms in total. The van der Waals surface area contributed by atoms with Crippen LogP contribution in [-0.2, 0) is 6.54 Å². The number of carbonyl (C=O) groups is 1. The first-order valence-corrected chi connectivity index (χ1v) is 9.12. The van der Waals surface area contributed by atoms with Gasteiger partial charge in [0, 0.05) is 48.4 Å². The minimum atomic E-state index is -0.0645. The Morgan fingerprint density at radius 2 is 2.00 bits per heavy atom. The fourth-order valence-electron chi connectivity index (χ4n) is 3.33. The molecule has 2 N–H and O–H groups in total. The van der Waals surface area contributed by atoms with E-state index in [0.717, 1.165) is 22.4 Å². The van der Waals surface area contributed by atoms with E-state index in [9.17, 15) is 9.90 Å². The lowest BCUT2D eigenvalue weighted by atomic mass is 10.0. The van der Waals surface area contributed by atoms with Crippen molar-refractivity contribution in [2.75, 3.05) is 25.5 Å². The third kappa shape index (κ3) is 3.49. The molecule has 1 aliphatic rings. The summed E-state index contributed by atoms with van der Waals surface area (Å²) in [5.41, 5.74) is 4.07. The van der Waals surface area contributed by atoms with Crippen molar-refractivity contribution in [1.82, 2.24) is 9.88 Å². The molecule has 2 aromatic carbocycles. The highest BCUT2D eigenvalue weighted by atomic mass is 16.5. The highest BCUT2D eigenvalue weighted by Crippen LogP contribution is 2.37. The number of hydrogen-bond donors (Lipinski definition) is 2. The summed E-state index contributed by atoms with van der Waals surface area (Å²) in [6.07, 6.45) is 3.45. The summed E-state index contributed by atoms with van der Waals surface area (Å²) in [5, 5.41) is 13.5. The molecule has 1 aliphatic heterocycles. The lowest BCUT2D eigenvalue weighted by Crippen LogP contribution is -2.32. The normalized spacial score (nSPS) is 13.2. The number of anilines is 1. The van der Waals surface area contributed by atoms with E-state index in [-0.39, 0.29) is 11.7 Å². The number of benzene rings is 2. The van der Waals surface area contributed by atoms with E-state index in [1.807, 2.05) is 49.5 Å². The molecule has 4 rings (SSSR count). The number of hydrogen-bond acceptors (Lipinski definition) is 5. The lowest BCUT2D eigenvalue weighted by Gasteiger charge is -2.20. The van der Waals surface area contributed by atoms with Gasteiger partial charge in [-0.25, -0.2) is 0 Å². The van der Waals surface area contributed by atoms with Crippen LogP contribution in [0.1, 0.15) is 15.9 Å². The van der Waals surface area contributed by atoms with Crippen LogP contribution in [0.25, 0.3) is 11.1 Å². The summed E-state index contributed by atoms with van der Waals surface area (Å²) in [4.78, 5) is 18.9. The van der Waals surface area contributed by atoms with Gasteiger partial charge in [0.1, 0.15) is 6.61 Å². The van der Waals surface area contributed by atoms with Crippen molar-refractivity contribution >= 4 is 11.6 Å². The van der Waals surface area contributed by atoms with Gasteiger partial charge in [-0.1, -0.05) is 6.07 Å². The predicted molar refractivity (Wildman–Crippen MR) is 108 cm³/mol. The van der Waals surface area contributed by atoms with Crippen molar-refractivity contribution in [3.05, 3.63) is 72.1 Å². The highest BCUT2D eigenvalue weighted by molar-refractivity contribution is 5.94. The van der Waals surface area contributed by atoms with E-state index in [1.54, 1.807) is 23.4 Å². The van der Waals surface area contributed by atoms with Crippen LogP contribution in [-0.4, -0.2) is 41.1 Å². The largest absolute Gasteiger partial charge is 0.504 e. The zero-order valence-corrected chi connectivity index (χ0v) is 15.6. The molecule has 1 amide bonds. The van der Waals surface area contributed by atoms with Gasteiger partial charge in [0.05, 0.1) is 6.54 Å². The van der Waals surface area contributed by atoms with Gasteiger partial charge >= 0.3 is 0 Å². The smallest absolute Gasteiger partial charge is 0.254 e. The zero-order valence-electron chi connectivity index (χ0n) is 15.6. The number of amides is 1. The molecule has 142 valence electrons. The number of nitrogens with one attached hydrogen (secondary N) is 1. The van der Waals surface area contributed by atoms with Crippen molar-refractivity contribution in [2.45, 2.75) is 6.54 Å². The number of phenolic OH excluding ortho intramolecular Hbond substituents is 1. The van der Waals surface area contributed by atoms with E-state index in [2.05, 4.69) is 10.3 Å². The Morgan fingerprint density at radius 3 is 2.71 bits per heavy atom. The Hall–Kier alpha value is -3.54. The van der Waals surface area contributed by atoms with Gasteiger partial charge in [0.25, 0.3) is 5.91 Å². The van der Waals surface area contributed by atoms with Crippen molar-refractivity contribution in [3.63, 3.8) is 0 Å². The molecular formula is C22H21N3O3. The maximum absolute atomic E-state index is 13.0. The summed E-state index contributed by atoms with van der Waals surface area (Å²) in [6, 6.07) is 14.8. The van der Waals surface area contributed by atoms with E-state index in [4.69, 9.17) is 4.74 Å². The third-order valence-corrected chi connectivity index (χ3v) is 4.82. The molecular weight excluding hydrogens is 354 g/mol. The molecule has 0 radical (unpaired) electrons. The first-order valence-electron chi connectivity index (χ1n) is 9.12. The molecule has 6 heteroatoms. The van der Waals surface area contributed by atoms with Crippen molar-refractivity contribution in [1.29, 1.82) is 0 Å². The first-order chi connectivity index (χ1) is 13.7. The second-order valence-electron chi connectivity index (χ2n) is 6.63. The maximum atomic E-state index is 13.0. The lowest BCUT2D eigenvalue weighted by molar-refractivity contribution is 0.0733. The third-order valence-electron chi connectivity index (χ3n) is 4.82. The quantitative estimate of drug-likeness (QED) is 0.733. The van der Waals surface area contributed by atoms with Crippen LogP contribution in [0, 0.1) is 0 Å². The molecule has 28 heavy (non-hydrogen) atoms. The summed E-state index contributed by atoms with van der Waals surface area (Å²) < 4.78 is 5.75. The summed E-state index contributed by atoms with van der Waals surface area (Å²) in [7, 11) is 1.84. The van der Waals surface area contributed by atoms with Crippen molar-refractivity contribution in [3.8, 4) is 22.6 Å². The molecule has 2 heterocycles. The SMILES string of the molecule is CNc1ccc(C(=O)N2CCOc3c(O)cc(-c4cccnc4)cc3C2)cc1. The molecule has 0 bridgehead atoms. The Bertz CT molecular complexity index is 988. The fourth-order valence-corrected chi connectivity index (χ4v) is 3.33. The van der Waals surface area contributed by atoms with Crippen LogP contribution < -0.4 is 10.1 Å².